The highest BCUT2D eigenvalue weighted by Gasteiger charge is 2.40. The Bertz CT molecular complexity index is 600. The maximum atomic E-state index is 13.0. The van der Waals surface area contributed by atoms with E-state index in [9.17, 15) is 4.79 Å². The molecule has 1 amide bonds. The number of hydrogen-bond donors (Lipinski definition) is 1. The normalized spacial score (nSPS) is 24.8. The van der Waals surface area contributed by atoms with Crippen LogP contribution in [0.15, 0.2) is 0 Å². The summed E-state index contributed by atoms with van der Waals surface area (Å²) in [6.45, 7) is 2.63. The molecule has 3 heterocycles. The lowest BCUT2D eigenvalue weighted by molar-refractivity contribution is -0.139. The molecule has 1 saturated carbocycles. The van der Waals surface area contributed by atoms with E-state index in [0.29, 0.717) is 5.92 Å². The maximum absolute atomic E-state index is 13.0. The van der Waals surface area contributed by atoms with Crippen LogP contribution in [0.4, 0.5) is 0 Å². The van der Waals surface area contributed by atoms with Gasteiger partial charge in [-0.1, -0.05) is 19.3 Å². The average molecular weight is 390 g/mol. The Morgan fingerprint density at radius 2 is 1.80 bits per heavy atom. The quantitative estimate of drug-likeness (QED) is 0.842. The van der Waals surface area contributed by atoms with Crippen molar-refractivity contribution >= 4 is 30.7 Å². The van der Waals surface area contributed by atoms with E-state index in [1.54, 1.807) is 0 Å². The third kappa shape index (κ3) is 3.81. The molecule has 25 heavy (non-hydrogen) atoms. The summed E-state index contributed by atoms with van der Waals surface area (Å²) >= 11 is 0. The lowest BCUT2D eigenvalue weighted by Gasteiger charge is -2.40. The Hall–Kier alpha value is -0.850. The molecule has 1 atom stereocenters. The monoisotopic (exact) mass is 389 g/mol. The largest absolute Gasteiger partial charge is 0.340 e. The van der Waals surface area contributed by atoms with Gasteiger partial charge in [-0.2, -0.15) is 0 Å². The minimum Gasteiger partial charge on any atom is -0.340 e. The molecule has 1 unspecified atom stereocenters. The molecule has 1 aliphatic carbocycles. The van der Waals surface area contributed by atoms with Gasteiger partial charge in [-0.3, -0.25) is 4.79 Å². The summed E-state index contributed by atoms with van der Waals surface area (Å²) < 4.78 is 2.28. The molecule has 3 aliphatic rings. The van der Waals surface area contributed by atoms with Gasteiger partial charge in [0.15, 0.2) is 0 Å². The molecule has 8 heteroatoms. The van der Waals surface area contributed by atoms with E-state index >= 15 is 0 Å². The third-order valence-corrected chi connectivity index (χ3v) is 5.88. The van der Waals surface area contributed by atoms with Crippen LogP contribution in [0.25, 0.3) is 0 Å². The van der Waals surface area contributed by atoms with Gasteiger partial charge in [0, 0.05) is 32.0 Å². The van der Waals surface area contributed by atoms with Crippen molar-refractivity contribution in [1.29, 1.82) is 0 Å². The van der Waals surface area contributed by atoms with Crippen LogP contribution < -0.4 is 5.73 Å². The summed E-state index contributed by atoms with van der Waals surface area (Å²) in [5.41, 5.74) is 5.85. The standard InChI is InChI=1S/C17H27N5O.2ClH/c18-17(8-2-1-3-9-17)16(23)21-10-4-6-13(12-21)15-20-19-14-7-5-11-22(14)15;;/h13H,1-12,18H2;2*1H. The number of nitrogens with two attached hydrogens (primary N) is 1. The van der Waals surface area contributed by atoms with Crippen molar-refractivity contribution in [2.75, 3.05) is 13.1 Å². The van der Waals surface area contributed by atoms with Gasteiger partial charge in [0.05, 0.1) is 5.54 Å². The molecule has 0 spiro atoms. The molecule has 0 bridgehead atoms. The number of rotatable bonds is 2. The highest BCUT2D eigenvalue weighted by Crippen LogP contribution is 2.32. The van der Waals surface area contributed by atoms with Crippen LogP contribution in [0.2, 0.25) is 0 Å². The lowest BCUT2D eigenvalue weighted by Crippen LogP contribution is -2.57. The lowest BCUT2D eigenvalue weighted by atomic mass is 9.81. The van der Waals surface area contributed by atoms with Crippen LogP contribution in [-0.2, 0) is 17.8 Å². The molecule has 2 aliphatic heterocycles. The molecular formula is C17H29Cl2N5O. The minimum absolute atomic E-state index is 0. The van der Waals surface area contributed by atoms with E-state index < -0.39 is 5.54 Å². The minimum atomic E-state index is -0.618. The average Bonchev–Trinajstić information content (AvgIpc) is 3.18. The van der Waals surface area contributed by atoms with Gasteiger partial charge in [0.1, 0.15) is 11.6 Å². The van der Waals surface area contributed by atoms with E-state index in [4.69, 9.17) is 5.73 Å². The Morgan fingerprint density at radius 3 is 2.56 bits per heavy atom. The zero-order valence-electron chi connectivity index (χ0n) is 14.7. The van der Waals surface area contributed by atoms with Gasteiger partial charge in [0.25, 0.3) is 0 Å². The number of piperidine rings is 1. The second kappa shape index (κ2) is 8.23. The van der Waals surface area contributed by atoms with Crippen LogP contribution in [0.5, 0.6) is 0 Å². The number of nitrogens with zero attached hydrogens (tertiary/aromatic N) is 4. The maximum Gasteiger partial charge on any atom is 0.242 e. The SMILES string of the molecule is Cl.Cl.NC1(C(=O)N2CCCC(c3nnc4n3CCC4)C2)CCCCC1. The van der Waals surface area contributed by atoms with Crippen molar-refractivity contribution in [1.82, 2.24) is 19.7 Å². The molecule has 4 rings (SSSR count). The first-order valence-corrected chi connectivity index (χ1v) is 9.18. The van der Waals surface area contributed by atoms with E-state index in [-0.39, 0.29) is 30.7 Å². The summed E-state index contributed by atoms with van der Waals surface area (Å²) in [4.78, 5) is 15.0. The third-order valence-electron chi connectivity index (χ3n) is 5.88. The number of likely N-dealkylation sites (tertiary alicyclic amines) is 1. The van der Waals surface area contributed by atoms with E-state index in [1.165, 1.54) is 12.8 Å². The number of aryl methyl sites for hydroxylation is 1. The molecule has 142 valence electrons. The van der Waals surface area contributed by atoms with Gasteiger partial charge in [-0.25, -0.2) is 0 Å². The number of fused-ring (bicyclic) bond motifs is 1. The highest BCUT2D eigenvalue weighted by atomic mass is 35.5. The molecule has 1 aromatic heterocycles. The van der Waals surface area contributed by atoms with Crippen LogP contribution >= 0.6 is 24.8 Å². The Morgan fingerprint density at radius 1 is 1.04 bits per heavy atom. The van der Waals surface area contributed by atoms with Crippen molar-refractivity contribution < 1.29 is 4.79 Å². The van der Waals surface area contributed by atoms with Crippen LogP contribution in [0, 0.1) is 0 Å². The molecule has 0 aromatic carbocycles. The number of hydrogen-bond acceptors (Lipinski definition) is 4. The molecule has 6 nitrogen and oxygen atoms in total. The Labute approximate surface area is 161 Å². The smallest absolute Gasteiger partial charge is 0.242 e. The first kappa shape index (κ1) is 20.5. The summed E-state index contributed by atoms with van der Waals surface area (Å²) in [5, 5.41) is 8.76. The zero-order valence-corrected chi connectivity index (χ0v) is 16.3. The second-order valence-corrected chi connectivity index (χ2v) is 7.54. The zero-order chi connectivity index (χ0) is 15.9. The Balaban J connectivity index is 0.00000113. The summed E-state index contributed by atoms with van der Waals surface area (Å²) in [7, 11) is 0. The predicted molar refractivity (Wildman–Crippen MR) is 101 cm³/mol. The second-order valence-electron chi connectivity index (χ2n) is 7.54. The first-order valence-electron chi connectivity index (χ1n) is 9.18. The van der Waals surface area contributed by atoms with Gasteiger partial charge in [-0.15, -0.1) is 35.0 Å². The van der Waals surface area contributed by atoms with Gasteiger partial charge in [-0.05, 0) is 32.1 Å². The van der Waals surface area contributed by atoms with E-state index in [1.807, 2.05) is 4.90 Å². The fourth-order valence-corrected chi connectivity index (χ4v) is 4.56. The predicted octanol–water partition coefficient (Wildman–Crippen LogP) is 2.44. The first-order chi connectivity index (χ1) is 11.2. The summed E-state index contributed by atoms with van der Waals surface area (Å²) in [6.07, 6.45) is 9.39. The molecular weight excluding hydrogens is 361 g/mol. The van der Waals surface area contributed by atoms with Crippen LogP contribution in [-0.4, -0.2) is 44.2 Å². The number of amides is 1. The summed E-state index contributed by atoms with van der Waals surface area (Å²) in [5.74, 6) is 2.69. The van der Waals surface area contributed by atoms with E-state index in [2.05, 4.69) is 14.8 Å². The van der Waals surface area contributed by atoms with Crippen molar-refractivity contribution in [3.05, 3.63) is 11.6 Å². The highest BCUT2D eigenvalue weighted by molar-refractivity contribution is 5.86. The molecule has 2 N–H and O–H groups in total. The number of aromatic nitrogens is 3. The Kier molecular flexibility index (Phi) is 6.74. The van der Waals surface area contributed by atoms with Gasteiger partial charge < -0.3 is 15.2 Å². The van der Waals surface area contributed by atoms with E-state index in [0.717, 1.165) is 76.2 Å². The van der Waals surface area contributed by atoms with Gasteiger partial charge >= 0.3 is 0 Å². The fraction of sp³-hybridized carbons (Fsp3) is 0.824. The van der Waals surface area contributed by atoms with Crippen molar-refractivity contribution in [3.63, 3.8) is 0 Å². The van der Waals surface area contributed by atoms with Crippen molar-refractivity contribution in [2.45, 2.75) is 75.8 Å². The molecule has 0 radical (unpaired) electrons. The molecule has 2 fully saturated rings. The van der Waals surface area contributed by atoms with Crippen LogP contribution in [0.3, 0.4) is 0 Å². The number of carbonyl (C=O) groups excluding carboxylic acids is 1. The van der Waals surface area contributed by atoms with Crippen molar-refractivity contribution in [2.24, 2.45) is 5.73 Å². The van der Waals surface area contributed by atoms with Crippen LogP contribution in [0.1, 0.15) is 68.9 Å². The summed E-state index contributed by atoms with van der Waals surface area (Å²) in [6, 6.07) is 0. The number of halogens is 2. The number of carbonyl (C=O) groups is 1. The molecule has 1 aromatic rings. The fourth-order valence-electron chi connectivity index (χ4n) is 4.56. The van der Waals surface area contributed by atoms with Crippen molar-refractivity contribution in [3.8, 4) is 0 Å². The topological polar surface area (TPSA) is 77.0 Å². The van der Waals surface area contributed by atoms with Gasteiger partial charge in [0.2, 0.25) is 5.91 Å². The molecule has 1 saturated heterocycles.